The number of hydrogen-bond acceptors (Lipinski definition) is 3. The van der Waals surface area contributed by atoms with E-state index in [1.807, 2.05) is 7.11 Å². The van der Waals surface area contributed by atoms with Crippen molar-refractivity contribution in [1.29, 1.82) is 0 Å². The number of nitrogens with zero attached hydrogens (tertiary/aromatic N) is 1. The van der Waals surface area contributed by atoms with Crippen molar-refractivity contribution in [2.75, 3.05) is 26.7 Å². The maximum Gasteiger partial charge on any atom is 0.0595 e. The Morgan fingerprint density at radius 2 is 1.76 bits per heavy atom. The van der Waals surface area contributed by atoms with E-state index in [2.05, 4.69) is 49.9 Å². The van der Waals surface area contributed by atoms with Crippen LogP contribution in [0.4, 0.5) is 0 Å². The number of ether oxygens (including phenoxy) is 1. The topological polar surface area (TPSA) is 38.5 Å². The van der Waals surface area contributed by atoms with E-state index in [1.54, 1.807) is 0 Å². The molecular weight excluding hydrogens is 260 g/mol. The fourth-order valence-electron chi connectivity index (χ4n) is 3.12. The molecule has 3 nitrogen and oxygen atoms in total. The maximum atomic E-state index is 6.05. The van der Waals surface area contributed by atoms with Gasteiger partial charge in [-0.15, -0.1) is 0 Å². The van der Waals surface area contributed by atoms with Crippen molar-refractivity contribution >= 4 is 0 Å². The lowest BCUT2D eigenvalue weighted by atomic mass is 9.86. The third kappa shape index (κ3) is 4.06. The minimum atomic E-state index is 0.202. The van der Waals surface area contributed by atoms with E-state index in [0.717, 1.165) is 25.9 Å². The number of nitrogens with two attached hydrogens (primary N) is 1. The number of piperidine rings is 1. The highest BCUT2D eigenvalue weighted by Crippen LogP contribution is 2.28. The Morgan fingerprint density at radius 3 is 2.19 bits per heavy atom. The summed E-state index contributed by atoms with van der Waals surface area (Å²) in [7, 11) is 1.81. The van der Waals surface area contributed by atoms with Gasteiger partial charge in [-0.25, -0.2) is 0 Å². The van der Waals surface area contributed by atoms with Crippen LogP contribution in [0.5, 0.6) is 0 Å². The molecule has 3 heteroatoms. The molecule has 0 spiro atoms. The van der Waals surface area contributed by atoms with Crippen LogP contribution in [0.3, 0.4) is 0 Å². The second-order valence-corrected chi connectivity index (χ2v) is 7.09. The summed E-state index contributed by atoms with van der Waals surface area (Å²) in [6.07, 6.45) is 2.63. The molecule has 0 amide bonds. The summed E-state index contributed by atoms with van der Waals surface area (Å²) in [5.74, 6) is 0. The van der Waals surface area contributed by atoms with Crippen LogP contribution in [0.1, 0.15) is 50.8 Å². The molecule has 1 aromatic carbocycles. The van der Waals surface area contributed by atoms with Gasteiger partial charge in [-0.05, 0) is 29.4 Å². The lowest BCUT2D eigenvalue weighted by Gasteiger charge is -2.37. The van der Waals surface area contributed by atoms with Gasteiger partial charge in [-0.2, -0.15) is 0 Å². The lowest BCUT2D eigenvalue weighted by Crippen LogP contribution is -2.41. The molecule has 118 valence electrons. The lowest BCUT2D eigenvalue weighted by molar-refractivity contribution is 0.0280. The van der Waals surface area contributed by atoms with Gasteiger partial charge >= 0.3 is 0 Å². The van der Waals surface area contributed by atoms with Gasteiger partial charge in [0.1, 0.15) is 0 Å². The quantitative estimate of drug-likeness (QED) is 0.926. The first-order chi connectivity index (χ1) is 9.95. The Bertz CT molecular complexity index is 428. The van der Waals surface area contributed by atoms with Crippen LogP contribution in [-0.4, -0.2) is 37.7 Å². The molecule has 1 aromatic rings. The third-order valence-electron chi connectivity index (χ3n) is 4.64. The molecule has 0 aromatic heterocycles. The summed E-state index contributed by atoms with van der Waals surface area (Å²) in [6.45, 7) is 9.56. The zero-order valence-electron chi connectivity index (χ0n) is 13.9. The van der Waals surface area contributed by atoms with Crippen molar-refractivity contribution in [3.8, 4) is 0 Å². The average molecular weight is 290 g/mol. The van der Waals surface area contributed by atoms with E-state index in [1.165, 1.54) is 11.1 Å². The van der Waals surface area contributed by atoms with Crippen LogP contribution < -0.4 is 5.73 Å². The standard InChI is InChI=1S/C18H30N2O/c1-18(2,3)15-7-5-14(6-8-15)17(13-19)20-11-9-16(21-4)10-12-20/h5-8,16-17H,9-13,19H2,1-4H3. The zero-order chi connectivity index (χ0) is 15.5. The van der Waals surface area contributed by atoms with Gasteiger partial charge in [-0.1, -0.05) is 45.0 Å². The minimum Gasteiger partial charge on any atom is -0.381 e. The largest absolute Gasteiger partial charge is 0.381 e. The molecule has 1 heterocycles. The van der Waals surface area contributed by atoms with Gasteiger partial charge in [0, 0.05) is 32.8 Å². The number of methoxy groups -OCH3 is 1. The first-order valence-corrected chi connectivity index (χ1v) is 8.03. The van der Waals surface area contributed by atoms with Crippen molar-refractivity contribution in [2.24, 2.45) is 5.73 Å². The Kier molecular flexibility index (Phi) is 5.42. The molecule has 1 aliphatic rings. The van der Waals surface area contributed by atoms with Crippen molar-refractivity contribution < 1.29 is 4.74 Å². The van der Waals surface area contributed by atoms with E-state index >= 15 is 0 Å². The van der Waals surface area contributed by atoms with Crippen LogP contribution in [-0.2, 0) is 10.2 Å². The summed E-state index contributed by atoms with van der Waals surface area (Å²) in [5, 5.41) is 0. The third-order valence-corrected chi connectivity index (χ3v) is 4.64. The first kappa shape index (κ1) is 16.5. The first-order valence-electron chi connectivity index (χ1n) is 8.03. The maximum absolute atomic E-state index is 6.05. The average Bonchev–Trinajstić information content (AvgIpc) is 2.48. The number of rotatable bonds is 4. The fraction of sp³-hybridized carbons (Fsp3) is 0.667. The van der Waals surface area contributed by atoms with Gasteiger partial charge in [0.2, 0.25) is 0 Å². The van der Waals surface area contributed by atoms with Gasteiger partial charge < -0.3 is 10.5 Å². The normalized spacial score (nSPS) is 19.7. The van der Waals surface area contributed by atoms with E-state index in [0.29, 0.717) is 18.7 Å². The molecule has 2 rings (SSSR count). The highest BCUT2D eigenvalue weighted by atomic mass is 16.5. The molecule has 21 heavy (non-hydrogen) atoms. The van der Waals surface area contributed by atoms with Crippen molar-refractivity contribution in [3.63, 3.8) is 0 Å². The molecular formula is C18H30N2O. The predicted octanol–water partition coefficient (Wildman–Crippen LogP) is 3.09. The highest BCUT2D eigenvalue weighted by Gasteiger charge is 2.25. The Labute approximate surface area is 129 Å². The van der Waals surface area contributed by atoms with Crippen LogP contribution >= 0.6 is 0 Å². The fourth-order valence-corrected chi connectivity index (χ4v) is 3.12. The highest BCUT2D eigenvalue weighted by molar-refractivity contribution is 5.29. The van der Waals surface area contributed by atoms with Gasteiger partial charge in [-0.3, -0.25) is 4.90 Å². The molecule has 0 aliphatic carbocycles. The molecule has 2 N–H and O–H groups in total. The smallest absolute Gasteiger partial charge is 0.0595 e. The van der Waals surface area contributed by atoms with Gasteiger partial charge in [0.05, 0.1) is 6.10 Å². The number of benzene rings is 1. The second-order valence-electron chi connectivity index (χ2n) is 7.09. The molecule has 0 bridgehead atoms. The van der Waals surface area contributed by atoms with E-state index < -0.39 is 0 Å². The Hall–Kier alpha value is -0.900. The Balaban J connectivity index is 2.07. The van der Waals surface area contributed by atoms with Crippen LogP contribution in [0.15, 0.2) is 24.3 Å². The molecule has 1 unspecified atom stereocenters. The van der Waals surface area contributed by atoms with Gasteiger partial charge in [0.15, 0.2) is 0 Å². The molecule has 1 saturated heterocycles. The van der Waals surface area contributed by atoms with Crippen molar-refractivity contribution in [3.05, 3.63) is 35.4 Å². The van der Waals surface area contributed by atoms with Gasteiger partial charge in [0.25, 0.3) is 0 Å². The zero-order valence-corrected chi connectivity index (χ0v) is 13.9. The van der Waals surface area contributed by atoms with Crippen LogP contribution in [0.25, 0.3) is 0 Å². The molecule has 1 fully saturated rings. The Morgan fingerprint density at radius 1 is 1.19 bits per heavy atom. The molecule has 1 atom stereocenters. The second kappa shape index (κ2) is 6.91. The summed E-state index contributed by atoms with van der Waals surface area (Å²) >= 11 is 0. The molecule has 1 aliphatic heterocycles. The predicted molar refractivity (Wildman–Crippen MR) is 88.5 cm³/mol. The van der Waals surface area contributed by atoms with E-state index in [9.17, 15) is 0 Å². The number of hydrogen-bond donors (Lipinski definition) is 1. The van der Waals surface area contributed by atoms with Crippen LogP contribution in [0, 0.1) is 0 Å². The molecule has 0 saturated carbocycles. The van der Waals surface area contributed by atoms with Crippen molar-refractivity contribution in [2.45, 2.75) is 51.2 Å². The summed E-state index contributed by atoms with van der Waals surface area (Å²) in [6, 6.07) is 9.33. The van der Waals surface area contributed by atoms with E-state index in [-0.39, 0.29) is 5.41 Å². The minimum absolute atomic E-state index is 0.202. The number of likely N-dealkylation sites (tertiary alicyclic amines) is 1. The van der Waals surface area contributed by atoms with Crippen LogP contribution in [0.2, 0.25) is 0 Å². The summed E-state index contributed by atoms with van der Waals surface area (Å²) in [5.41, 5.74) is 8.97. The van der Waals surface area contributed by atoms with Crippen molar-refractivity contribution in [1.82, 2.24) is 4.90 Å². The SMILES string of the molecule is COC1CCN(C(CN)c2ccc(C(C)(C)C)cc2)CC1. The molecule has 0 radical (unpaired) electrons. The monoisotopic (exact) mass is 290 g/mol. The summed E-state index contributed by atoms with van der Waals surface area (Å²) in [4.78, 5) is 2.50. The van der Waals surface area contributed by atoms with E-state index in [4.69, 9.17) is 10.5 Å². The summed E-state index contributed by atoms with van der Waals surface area (Å²) < 4.78 is 5.45.